The summed E-state index contributed by atoms with van der Waals surface area (Å²) in [7, 11) is 0. The monoisotopic (exact) mass is 374 g/mol. The highest BCUT2D eigenvalue weighted by Gasteiger charge is 2.59. The minimum atomic E-state index is -3.56. The minimum Gasteiger partial charge on any atom is -0.238 e. The zero-order chi connectivity index (χ0) is 19.1. The van der Waals surface area contributed by atoms with Crippen LogP contribution in [0.1, 0.15) is 88.2 Å². The van der Waals surface area contributed by atoms with Crippen LogP contribution in [0, 0.1) is 17.6 Å². The second-order valence-electron chi connectivity index (χ2n) is 8.41. The van der Waals surface area contributed by atoms with Gasteiger partial charge in [-0.2, -0.15) is 0 Å². The van der Waals surface area contributed by atoms with Gasteiger partial charge < -0.3 is 0 Å². The van der Waals surface area contributed by atoms with Crippen molar-refractivity contribution in [2.75, 3.05) is 0 Å². The average molecular weight is 374 g/mol. The van der Waals surface area contributed by atoms with Crippen molar-refractivity contribution in [2.45, 2.75) is 88.6 Å². The van der Waals surface area contributed by atoms with E-state index in [0.29, 0.717) is 11.5 Å². The van der Waals surface area contributed by atoms with Gasteiger partial charge >= 0.3 is 0 Å². The lowest BCUT2D eigenvalue weighted by atomic mass is 9.77. The van der Waals surface area contributed by atoms with Crippen LogP contribution in [0.5, 0.6) is 0 Å². The molecular formula is C21H27F5. The molecule has 146 valence electrons. The molecule has 2 aliphatic rings. The van der Waals surface area contributed by atoms with Gasteiger partial charge in [-0.25, -0.2) is 22.0 Å². The second kappa shape index (κ2) is 7.12. The molecule has 26 heavy (non-hydrogen) atoms. The Morgan fingerprint density at radius 1 is 0.923 bits per heavy atom. The van der Waals surface area contributed by atoms with Crippen molar-refractivity contribution >= 4 is 0 Å². The Hall–Kier alpha value is -1.13. The van der Waals surface area contributed by atoms with Crippen molar-refractivity contribution in [1.82, 2.24) is 0 Å². The van der Waals surface area contributed by atoms with Crippen LogP contribution in [0.3, 0.4) is 0 Å². The number of halogens is 5. The van der Waals surface area contributed by atoms with E-state index in [1.54, 1.807) is 0 Å². The Bertz CT molecular complexity index is 605. The molecule has 0 aliphatic heterocycles. The van der Waals surface area contributed by atoms with E-state index < -0.39 is 42.0 Å². The van der Waals surface area contributed by atoms with E-state index >= 15 is 0 Å². The van der Waals surface area contributed by atoms with E-state index in [1.807, 2.05) is 0 Å². The molecule has 2 saturated carbocycles. The molecule has 1 aromatic rings. The fourth-order valence-corrected chi connectivity index (χ4v) is 4.83. The maximum atomic E-state index is 14.6. The van der Waals surface area contributed by atoms with Crippen molar-refractivity contribution in [1.29, 1.82) is 0 Å². The first-order valence-electron chi connectivity index (χ1n) is 9.70. The van der Waals surface area contributed by atoms with Gasteiger partial charge in [0.2, 0.25) is 0 Å². The van der Waals surface area contributed by atoms with Crippen molar-refractivity contribution in [3.63, 3.8) is 0 Å². The van der Waals surface area contributed by atoms with Crippen molar-refractivity contribution in [2.24, 2.45) is 5.92 Å². The zero-order valence-electron chi connectivity index (χ0n) is 15.4. The Kier molecular flexibility index (Phi) is 5.38. The quantitative estimate of drug-likeness (QED) is 0.486. The Morgan fingerprint density at radius 2 is 1.50 bits per heavy atom. The highest BCUT2D eigenvalue weighted by atomic mass is 19.3. The smallest absolute Gasteiger partial charge is 0.238 e. The minimum absolute atomic E-state index is 0.109. The lowest BCUT2D eigenvalue weighted by molar-refractivity contribution is -0.105. The van der Waals surface area contributed by atoms with E-state index in [9.17, 15) is 22.0 Å². The van der Waals surface area contributed by atoms with Crippen molar-refractivity contribution < 1.29 is 22.0 Å². The summed E-state index contributed by atoms with van der Waals surface area (Å²) in [6.07, 6.45) is 4.82. The van der Waals surface area contributed by atoms with Gasteiger partial charge in [0.15, 0.2) is 5.67 Å². The van der Waals surface area contributed by atoms with Gasteiger partial charge in [-0.15, -0.1) is 0 Å². The molecule has 0 aromatic heterocycles. The summed E-state index contributed by atoms with van der Waals surface area (Å²) in [6.45, 7) is 2.97. The fourth-order valence-electron chi connectivity index (χ4n) is 4.83. The maximum Gasteiger partial charge on any atom is 0.281 e. The predicted molar refractivity (Wildman–Crippen MR) is 92.4 cm³/mol. The first-order chi connectivity index (χ1) is 12.1. The van der Waals surface area contributed by atoms with Gasteiger partial charge in [-0.05, 0) is 74.5 Å². The van der Waals surface area contributed by atoms with E-state index in [1.165, 1.54) is 18.6 Å². The van der Waals surface area contributed by atoms with Crippen LogP contribution in [0.4, 0.5) is 22.0 Å². The molecule has 2 unspecified atom stereocenters. The summed E-state index contributed by atoms with van der Waals surface area (Å²) < 4.78 is 70.8. The molecule has 2 aliphatic carbocycles. The molecular weight excluding hydrogens is 347 g/mol. The van der Waals surface area contributed by atoms with Crippen LogP contribution in [0.2, 0.25) is 0 Å². The van der Waals surface area contributed by atoms with Gasteiger partial charge in [0.1, 0.15) is 11.6 Å². The molecule has 2 fully saturated rings. The van der Waals surface area contributed by atoms with E-state index in [-0.39, 0.29) is 11.5 Å². The first-order valence-corrected chi connectivity index (χ1v) is 9.70. The number of hydrogen-bond donors (Lipinski definition) is 0. The van der Waals surface area contributed by atoms with E-state index in [4.69, 9.17) is 0 Å². The molecule has 0 amide bonds. The Labute approximate surface area is 152 Å². The number of rotatable bonds is 4. The van der Waals surface area contributed by atoms with Crippen LogP contribution in [0.15, 0.2) is 12.1 Å². The highest BCUT2D eigenvalue weighted by molar-refractivity contribution is 5.33. The van der Waals surface area contributed by atoms with E-state index in [0.717, 1.165) is 39.0 Å². The number of hydrogen-bond acceptors (Lipinski definition) is 0. The van der Waals surface area contributed by atoms with Gasteiger partial charge in [0.25, 0.3) is 5.92 Å². The number of benzene rings is 1. The predicted octanol–water partition coefficient (Wildman–Crippen LogP) is 7.28. The molecule has 0 spiro atoms. The number of alkyl halides is 3. The van der Waals surface area contributed by atoms with Gasteiger partial charge in [-0.1, -0.05) is 19.8 Å². The molecule has 0 nitrogen and oxygen atoms in total. The Balaban J connectivity index is 1.78. The summed E-state index contributed by atoms with van der Waals surface area (Å²) >= 11 is 0. The highest BCUT2D eigenvalue weighted by Crippen LogP contribution is 2.53. The first kappa shape index (κ1) is 19.6. The molecule has 1 aromatic carbocycles. The SMILES string of the molecule is CCCC1CCC(c2cc(F)c(C3CC(C)(F)C(F)(F)C3)c(F)c2)CC1. The summed E-state index contributed by atoms with van der Waals surface area (Å²) in [6, 6.07) is 2.57. The van der Waals surface area contributed by atoms with Crippen LogP contribution in [0.25, 0.3) is 0 Å². The second-order valence-corrected chi connectivity index (χ2v) is 8.41. The Morgan fingerprint density at radius 3 is 1.96 bits per heavy atom. The summed E-state index contributed by atoms with van der Waals surface area (Å²) in [5.41, 5.74) is -2.51. The van der Waals surface area contributed by atoms with Gasteiger partial charge in [0, 0.05) is 12.0 Å². The molecule has 0 radical (unpaired) electrons. The fraction of sp³-hybridized carbons (Fsp3) is 0.714. The lowest BCUT2D eigenvalue weighted by Gasteiger charge is -2.29. The third kappa shape index (κ3) is 3.63. The molecule has 0 saturated heterocycles. The maximum absolute atomic E-state index is 14.6. The van der Waals surface area contributed by atoms with Crippen molar-refractivity contribution in [3.05, 3.63) is 34.9 Å². The third-order valence-electron chi connectivity index (χ3n) is 6.42. The molecule has 0 heterocycles. The standard InChI is InChI=1S/C21H27F5/c1-3-4-13-5-7-14(8-6-13)15-9-17(22)19(18(23)10-15)16-11-20(2,24)21(25,26)12-16/h9-10,13-14,16H,3-8,11-12H2,1-2H3. The van der Waals surface area contributed by atoms with Gasteiger partial charge in [0.05, 0.1) is 0 Å². The van der Waals surface area contributed by atoms with Gasteiger partial charge in [-0.3, -0.25) is 0 Å². The average Bonchev–Trinajstić information content (AvgIpc) is 2.75. The molecule has 3 rings (SSSR count). The largest absolute Gasteiger partial charge is 0.281 e. The normalized spacial score (nSPS) is 34.2. The summed E-state index contributed by atoms with van der Waals surface area (Å²) in [5, 5.41) is 0. The zero-order valence-corrected chi connectivity index (χ0v) is 15.4. The van der Waals surface area contributed by atoms with E-state index in [2.05, 4.69) is 6.92 Å². The third-order valence-corrected chi connectivity index (χ3v) is 6.42. The van der Waals surface area contributed by atoms with Crippen LogP contribution >= 0.6 is 0 Å². The molecule has 0 bridgehead atoms. The summed E-state index contributed by atoms with van der Waals surface area (Å²) in [4.78, 5) is 0. The van der Waals surface area contributed by atoms with Crippen LogP contribution < -0.4 is 0 Å². The van der Waals surface area contributed by atoms with Crippen molar-refractivity contribution in [3.8, 4) is 0 Å². The molecule has 0 N–H and O–H groups in total. The van der Waals surface area contributed by atoms with Crippen LogP contribution in [-0.2, 0) is 0 Å². The van der Waals surface area contributed by atoms with Crippen LogP contribution in [-0.4, -0.2) is 11.6 Å². The molecule has 2 atom stereocenters. The molecule has 5 heteroatoms. The topological polar surface area (TPSA) is 0 Å². The lowest BCUT2D eigenvalue weighted by Crippen LogP contribution is -2.35. The summed E-state index contributed by atoms with van der Waals surface area (Å²) in [5.74, 6) is -5.52.